The monoisotopic (exact) mass is 220 g/mol. The zero-order valence-corrected chi connectivity index (χ0v) is 9.32. The molecule has 1 aromatic rings. The summed E-state index contributed by atoms with van der Waals surface area (Å²) < 4.78 is 0. The van der Waals surface area contributed by atoms with Crippen molar-refractivity contribution in [3.8, 4) is 0 Å². The van der Waals surface area contributed by atoms with E-state index in [-0.39, 0.29) is 0 Å². The molecule has 4 heteroatoms. The number of anilines is 1. The van der Waals surface area contributed by atoms with E-state index in [4.69, 9.17) is 5.73 Å². The van der Waals surface area contributed by atoms with Crippen LogP contribution in [0.3, 0.4) is 0 Å². The molecule has 0 bridgehead atoms. The van der Waals surface area contributed by atoms with Crippen molar-refractivity contribution < 1.29 is 9.59 Å². The number of nitrogens with two attached hydrogens (primary N) is 1. The molecular formula is C12H16N2O2. The number of carbonyl (C=O) groups is 2. The quantitative estimate of drug-likeness (QED) is 0.754. The highest BCUT2D eigenvalue weighted by atomic mass is 16.2. The van der Waals surface area contributed by atoms with E-state index in [1.54, 1.807) is 6.07 Å². The molecule has 86 valence electrons. The maximum Gasteiger partial charge on any atom is 0.313 e. The smallest absolute Gasteiger partial charge is 0.313 e. The molecule has 0 aromatic heterocycles. The SMILES string of the molecule is CCCCc1cccc(NC(=O)C(N)=O)c1. The summed E-state index contributed by atoms with van der Waals surface area (Å²) in [6.45, 7) is 2.12. The van der Waals surface area contributed by atoms with Crippen LogP contribution in [-0.4, -0.2) is 11.8 Å². The highest BCUT2D eigenvalue weighted by Crippen LogP contribution is 2.12. The van der Waals surface area contributed by atoms with Crippen LogP contribution in [0.1, 0.15) is 25.3 Å². The third-order valence-corrected chi connectivity index (χ3v) is 2.23. The third kappa shape index (κ3) is 3.73. The molecule has 1 rings (SSSR count). The number of nitrogens with one attached hydrogen (secondary N) is 1. The number of rotatable bonds is 4. The van der Waals surface area contributed by atoms with Crippen molar-refractivity contribution in [2.24, 2.45) is 5.73 Å². The van der Waals surface area contributed by atoms with Gasteiger partial charge >= 0.3 is 11.8 Å². The normalized spacial score (nSPS) is 9.81. The second-order valence-electron chi connectivity index (χ2n) is 3.62. The Morgan fingerprint density at radius 1 is 1.38 bits per heavy atom. The van der Waals surface area contributed by atoms with E-state index in [0.29, 0.717) is 5.69 Å². The van der Waals surface area contributed by atoms with Crippen molar-refractivity contribution in [1.29, 1.82) is 0 Å². The van der Waals surface area contributed by atoms with Crippen LogP contribution in [0.4, 0.5) is 5.69 Å². The highest BCUT2D eigenvalue weighted by molar-refractivity contribution is 6.39. The van der Waals surface area contributed by atoms with Gasteiger partial charge in [0.25, 0.3) is 0 Å². The zero-order valence-electron chi connectivity index (χ0n) is 9.32. The summed E-state index contributed by atoms with van der Waals surface area (Å²) in [5.41, 5.74) is 6.60. The maximum absolute atomic E-state index is 11.1. The fourth-order valence-electron chi connectivity index (χ4n) is 1.38. The Labute approximate surface area is 94.8 Å². The van der Waals surface area contributed by atoms with Crippen LogP contribution in [0.25, 0.3) is 0 Å². The number of unbranched alkanes of at least 4 members (excludes halogenated alkanes) is 1. The summed E-state index contributed by atoms with van der Waals surface area (Å²) >= 11 is 0. The molecule has 16 heavy (non-hydrogen) atoms. The van der Waals surface area contributed by atoms with Gasteiger partial charge in [0, 0.05) is 5.69 Å². The Kier molecular flexibility index (Phi) is 4.51. The fourth-order valence-corrected chi connectivity index (χ4v) is 1.38. The standard InChI is InChI=1S/C12H16N2O2/c1-2-3-5-9-6-4-7-10(8-9)14-12(16)11(13)15/h4,6-8H,2-3,5H2,1H3,(H2,13,15)(H,14,16). The summed E-state index contributed by atoms with van der Waals surface area (Å²) in [6.07, 6.45) is 3.20. The van der Waals surface area contributed by atoms with Crippen LogP contribution in [0.5, 0.6) is 0 Å². The first-order valence-electron chi connectivity index (χ1n) is 5.33. The van der Waals surface area contributed by atoms with Crippen LogP contribution in [-0.2, 0) is 16.0 Å². The second kappa shape index (κ2) is 5.90. The lowest BCUT2D eigenvalue weighted by atomic mass is 10.1. The van der Waals surface area contributed by atoms with E-state index in [0.717, 1.165) is 24.8 Å². The Bertz CT molecular complexity index is 388. The van der Waals surface area contributed by atoms with Crippen LogP contribution in [0.15, 0.2) is 24.3 Å². The molecule has 0 heterocycles. The van der Waals surface area contributed by atoms with Crippen molar-refractivity contribution in [3.63, 3.8) is 0 Å². The molecule has 0 radical (unpaired) electrons. The third-order valence-electron chi connectivity index (χ3n) is 2.23. The van der Waals surface area contributed by atoms with Gasteiger partial charge in [-0.2, -0.15) is 0 Å². The van der Waals surface area contributed by atoms with E-state index >= 15 is 0 Å². The average molecular weight is 220 g/mol. The lowest BCUT2D eigenvalue weighted by molar-refractivity contribution is -0.134. The van der Waals surface area contributed by atoms with E-state index < -0.39 is 11.8 Å². The first kappa shape index (κ1) is 12.2. The summed E-state index contributed by atoms with van der Waals surface area (Å²) in [7, 11) is 0. The number of amides is 2. The molecule has 0 unspecified atom stereocenters. The molecule has 0 aliphatic carbocycles. The number of hydrogen-bond donors (Lipinski definition) is 2. The number of carbonyl (C=O) groups excluding carboxylic acids is 2. The molecule has 0 aliphatic rings. The molecule has 0 saturated heterocycles. The topological polar surface area (TPSA) is 72.2 Å². The Balaban J connectivity index is 2.67. The van der Waals surface area contributed by atoms with Gasteiger partial charge in [0.1, 0.15) is 0 Å². The van der Waals surface area contributed by atoms with Crippen molar-refractivity contribution in [3.05, 3.63) is 29.8 Å². The summed E-state index contributed by atoms with van der Waals surface area (Å²) in [6, 6.07) is 7.43. The van der Waals surface area contributed by atoms with Crippen molar-refractivity contribution >= 4 is 17.5 Å². The van der Waals surface area contributed by atoms with Crippen LogP contribution >= 0.6 is 0 Å². The molecule has 1 aromatic carbocycles. The van der Waals surface area contributed by atoms with Gasteiger partial charge in [-0.05, 0) is 30.5 Å². The molecule has 0 atom stereocenters. The molecule has 0 spiro atoms. The first-order chi connectivity index (χ1) is 7.63. The van der Waals surface area contributed by atoms with Crippen molar-refractivity contribution in [2.75, 3.05) is 5.32 Å². The second-order valence-corrected chi connectivity index (χ2v) is 3.62. The van der Waals surface area contributed by atoms with E-state index in [2.05, 4.69) is 12.2 Å². The minimum atomic E-state index is -0.973. The predicted octanol–water partition coefficient (Wildman–Crippen LogP) is 1.45. The lowest BCUT2D eigenvalue weighted by Gasteiger charge is -2.05. The minimum absolute atomic E-state index is 0.609. The number of aryl methyl sites for hydroxylation is 1. The largest absolute Gasteiger partial charge is 0.361 e. The molecule has 0 aliphatic heterocycles. The summed E-state index contributed by atoms with van der Waals surface area (Å²) in [5.74, 6) is -1.76. The van der Waals surface area contributed by atoms with Gasteiger partial charge in [0.15, 0.2) is 0 Å². The van der Waals surface area contributed by atoms with Crippen molar-refractivity contribution in [1.82, 2.24) is 0 Å². The summed E-state index contributed by atoms with van der Waals surface area (Å²) in [5, 5.41) is 2.44. The first-order valence-corrected chi connectivity index (χ1v) is 5.33. The predicted molar refractivity (Wildman–Crippen MR) is 62.9 cm³/mol. The zero-order chi connectivity index (χ0) is 12.0. The molecule has 0 saturated carbocycles. The number of primary amides is 1. The number of benzene rings is 1. The van der Waals surface area contributed by atoms with Gasteiger partial charge in [-0.3, -0.25) is 9.59 Å². The fraction of sp³-hybridized carbons (Fsp3) is 0.333. The van der Waals surface area contributed by atoms with Gasteiger partial charge in [-0.25, -0.2) is 0 Å². The molecule has 4 nitrogen and oxygen atoms in total. The lowest BCUT2D eigenvalue weighted by Crippen LogP contribution is -2.29. The van der Waals surface area contributed by atoms with E-state index in [9.17, 15) is 9.59 Å². The van der Waals surface area contributed by atoms with Crippen LogP contribution in [0, 0.1) is 0 Å². The number of hydrogen-bond acceptors (Lipinski definition) is 2. The maximum atomic E-state index is 11.1. The van der Waals surface area contributed by atoms with Crippen LogP contribution < -0.4 is 11.1 Å². The summed E-state index contributed by atoms with van der Waals surface area (Å²) in [4.78, 5) is 21.6. The van der Waals surface area contributed by atoms with Gasteiger partial charge in [-0.1, -0.05) is 25.5 Å². The average Bonchev–Trinajstić information content (AvgIpc) is 2.26. The van der Waals surface area contributed by atoms with Gasteiger partial charge in [-0.15, -0.1) is 0 Å². The highest BCUT2D eigenvalue weighted by Gasteiger charge is 2.08. The Morgan fingerprint density at radius 3 is 2.75 bits per heavy atom. The van der Waals surface area contributed by atoms with Gasteiger partial charge < -0.3 is 11.1 Å². The van der Waals surface area contributed by atoms with Gasteiger partial charge in [0.2, 0.25) is 0 Å². The Morgan fingerprint density at radius 2 is 2.12 bits per heavy atom. The molecule has 2 amide bonds. The van der Waals surface area contributed by atoms with Crippen molar-refractivity contribution in [2.45, 2.75) is 26.2 Å². The van der Waals surface area contributed by atoms with Gasteiger partial charge in [0.05, 0.1) is 0 Å². The molecule has 3 N–H and O–H groups in total. The molecule has 0 fully saturated rings. The van der Waals surface area contributed by atoms with Crippen LogP contribution in [0.2, 0.25) is 0 Å². The Hall–Kier alpha value is -1.84. The molecular weight excluding hydrogens is 204 g/mol. The minimum Gasteiger partial charge on any atom is -0.361 e. The van der Waals surface area contributed by atoms with E-state index in [1.165, 1.54) is 0 Å². The van der Waals surface area contributed by atoms with E-state index in [1.807, 2.05) is 18.2 Å².